The van der Waals surface area contributed by atoms with E-state index in [4.69, 9.17) is 9.47 Å². The fourth-order valence-corrected chi connectivity index (χ4v) is 4.32. The highest BCUT2D eigenvalue weighted by Gasteiger charge is 2.28. The van der Waals surface area contributed by atoms with Crippen LogP contribution in [0, 0.1) is 0 Å². The van der Waals surface area contributed by atoms with Gasteiger partial charge in [0.1, 0.15) is 0 Å². The van der Waals surface area contributed by atoms with Crippen molar-refractivity contribution in [2.75, 3.05) is 40.4 Å². The van der Waals surface area contributed by atoms with Gasteiger partial charge in [0.2, 0.25) is 0 Å². The summed E-state index contributed by atoms with van der Waals surface area (Å²) >= 11 is 7.48. The van der Waals surface area contributed by atoms with Gasteiger partial charge in [0.05, 0.1) is 20.3 Å². The van der Waals surface area contributed by atoms with E-state index in [-0.39, 0.29) is 6.04 Å². The van der Waals surface area contributed by atoms with Gasteiger partial charge in [-0.25, -0.2) is 0 Å². The molecule has 1 N–H and O–H groups in total. The van der Waals surface area contributed by atoms with Gasteiger partial charge in [-0.05, 0) is 29.3 Å². The largest absolute Gasteiger partial charge is 0.493 e. The zero-order valence-electron chi connectivity index (χ0n) is 14.4. The van der Waals surface area contributed by atoms with Crippen molar-refractivity contribution in [1.82, 2.24) is 10.2 Å². The van der Waals surface area contributed by atoms with Gasteiger partial charge >= 0.3 is 0 Å². The Balaban J connectivity index is 2.13. The minimum atomic E-state index is 0.131. The van der Waals surface area contributed by atoms with E-state index in [1.54, 1.807) is 14.2 Å². The molecule has 0 aromatic heterocycles. The Bertz CT molecular complexity index is 733. The topological polar surface area (TPSA) is 33.7 Å². The number of piperazine rings is 1. The first-order valence-electron chi connectivity index (χ1n) is 8.26. The minimum Gasteiger partial charge on any atom is -0.493 e. The molecule has 2 aromatic carbocycles. The first-order valence-corrected chi connectivity index (χ1v) is 9.85. The van der Waals surface area contributed by atoms with Crippen LogP contribution in [0.4, 0.5) is 0 Å². The molecule has 0 amide bonds. The maximum absolute atomic E-state index is 5.55. The van der Waals surface area contributed by atoms with Crippen molar-refractivity contribution in [2.24, 2.45) is 0 Å². The number of ether oxygens (including phenoxy) is 2. The Morgan fingerprint density at radius 2 is 1.56 bits per heavy atom. The van der Waals surface area contributed by atoms with Crippen LogP contribution in [0.25, 0.3) is 0 Å². The lowest BCUT2D eigenvalue weighted by molar-refractivity contribution is 0.197. The minimum absolute atomic E-state index is 0.131. The van der Waals surface area contributed by atoms with E-state index in [9.17, 15) is 0 Å². The standard InChI is InChI=1S/C19H22Br2N2O2/c1-24-17-11-14(16(21)12-18(17)25-2)19(23-9-7-22-8-10-23)13-5-3-4-6-15(13)20/h3-6,11-12,19,22H,7-10H2,1-2H3. The number of benzene rings is 2. The zero-order valence-corrected chi connectivity index (χ0v) is 17.6. The Labute approximate surface area is 165 Å². The molecule has 134 valence electrons. The molecule has 0 aliphatic carbocycles. The summed E-state index contributed by atoms with van der Waals surface area (Å²) in [5, 5.41) is 3.43. The summed E-state index contributed by atoms with van der Waals surface area (Å²) in [4.78, 5) is 2.50. The summed E-state index contributed by atoms with van der Waals surface area (Å²) < 4.78 is 13.1. The molecule has 1 atom stereocenters. The molecule has 2 aromatic rings. The predicted octanol–water partition coefficient (Wildman–Crippen LogP) is 4.22. The van der Waals surface area contributed by atoms with Crippen molar-refractivity contribution >= 4 is 31.9 Å². The number of nitrogens with zero attached hydrogens (tertiary/aromatic N) is 1. The molecule has 1 heterocycles. The Hall–Kier alpha value is -1.08. The van der Waals surface area contributed by atoms with E-state index in [2.05, 4.69) is 66.3 Å². The van der Waals surface area contributed by atoms with Crippen molar-refractivity contribution < 1.29 is 9.47 Å². The summed E-state index contributed by atoms with van der Waals surface area (Å²) in [6.45, 7) is 3.97. The number of methoxy groups -OCH3 is 2. The van der Waals surface area contributed by atoms with Crippen LogP contribution in [0.2, 0.25) is 0 Å². The predicted molar refractivity (Wildman–Crippen MR) is 108 cm³/mol. The zero-order chi connectivity index (χ0) is 17.8. The van der Waals surface area contributed by atoms with Crippen molar-refractivity contribution in [3.63, 3.8) is 0 Å². The van der Waals surface area contributed by atoms with Gasteiger partial charge in [-0.3, -0.25) is 4.90 Å². The summed E-state index contributed by atoms with van der Waals surface area (Å²) in [7, 11) is 3.33. The first-order chi connectivity index (χ1) is 12.2. The van der Waals surface area contributed by atoms with Crippen molar-refractivity contribution in [3.8, 4) is 11.5 Å². The lowest BCUT2D eigenvalue weighted by Crippen LogP contribution is -2.45. The molecule has 4 nitrogen and oxygen atoms in total. The van der Waals surface area contributed by atoms with Gasteiger partial charge in [0.15, 0.2) is 11.5 Å². The van der Waals surface area contributed by atoms with Gasteiger partial charge in [-0.2, -0.15) is 0 Å². The van der Waals surface area contributed by atoms with E-state index in [1.807, 2.05) is 12.1 Å². The highest BCUT2D eigenvalue weighted by atomic mass is 79.9. The molecule has 1 saturated heterocycles. The Morgan fingerprint density at radius 3 is 2.20 bits per heavy atom. The lowest BCUT2D eigenvalue weighted by atomic mass is 9.96. The smallest absolute Gasteiger partial charge is 0.161 e. The molecule has 25 heavy (non-hydrogen) atoms. The van der Waals surface area contributed by atoms with E-state index < -0.39 is 0 Å². The van der Waals surface area contributed by atoms with Crippen LogP contribution >= 0.6 is 31.9 Å². The second-order valence-electron chi connectivity index (χ2n) is 5.94. The Kier molecular flexibility index (Phi) is 6.39. The molecular formula is C19H22Br2N2O2. The number of hydrogen-bond acceptors (Lipinski definition) is 4. The van der Waals surface area contributed by atoms with Crippen LogP contribution < -0.4 is 14.8 Å². The average Bonchev–Trinajstić information content (AvgIpc) is 2.65. The molecule has 0 saturated carbocycles. The molecule has 1 fully saturated rings. The number of nitrogens with one attached hydrogen (secondary N) is 1. The fraction of sp³-hybridized carbons (Fsp3) is 0.368. The molecule has 0 radical (unpaired) electrons. The highest BCUT2D eigenvalue weighted by molar-refractivity contribution is 9.10. The van der Waals surface area contributed by atoms with Crippen molar-refractivity contribution in [1.29, 1.82) is 0 Å². The summed E-state index contributed by atoms with van der Waals surface area (Å²) in [6, 6.07) is 12.6. The maximum atomic E-state index is 5.55. The molecule has 3 rings (SSSR count). The molecule has 1 unspecified atom stereocenters. The number of rotatable bonds is 5. The monoisotopic (exact) mass is 468 g/mol. The second kappa shape index (κ2) is 8.54. The molecule has 0 spiro atoms. The molecule has 1 aliphatic heterocycles. The van der Waals surface area contributed by atoms with Crippen molar-refractivity contribution in [2.45, 2.75) is 6.04 Å². The van der Waals surface area contributed by atoms with E-state index in [1.165, 1.54) is 11.1 Å². The van der Waals surface area contributed by atoms with Crippen LogP contribution in [0.15, 0.2) is 45.3 Å². The summed E-state index contributed by atoms with van der Waals surface area (Å²) in [6.07, 6.45) is 0. The van der Waals surface area contributed by atoms with Gasteiger partial charge < -0.3 is 14.8 Å². The van der Waals surface area contributed by atoms with Crippen LogP contribution in [0.5, 0.6) is 11.5 Å². The lowest BCUT2D eigenvalue weighted by Gasteiger charge is -2.36. The SMILES string of the molecule is COc1cc(Br)c(C(c2ccccc2Br)N2CCNCC2)cc1OC. The second-order valence-corrected chi connectivity index (χ2v) is 7.65. The van der Waals surface area contributed by atoms with Crippen LogP contribution in [0.3, 0.4) is 0 Å². The molecule has 1 aliphatic rings. The molecule has 0 bridgehead atoms. The molecule has 6 heteroatoms. The van der Waals surface area contributed by atoms with E-state index in [0.29, 0.717) is 0 Å². The van der Waals surface area contributed by atoms with E-state index in [0.717, 1.165) is 46.6 Å². The maximum Gasteiger partial charge on any atom is 0.161 e. The van der Waals surface area contributed by atoms with Crippen molar-refractivity contribution in [3.05, 3.63) is 56.5 Å². The third-order valence-electron chi connectivity index (χ3n) is 4.51. The van der Waals surface area contributed by atoms with Crippen LogP contribution in [-0.4, -0.2) is 45.3 Å². The third-order valence-corrected chi connectivity index (χ3v) is 5.92. The van der Waals surface area contributed by atoms with Gasteiger partial charge in [-0.15, -0.1) is 0 Å². The van der Waals surface area contributed by atoms with Gasteiger partial charge in [0.25, 0.3) is 0 Å². The average molecular weight is 470 g/mol. The number of halogens is 2. The normalized spacial score (nSPS) is 16.5. The summed E-state index contributed by atoms with van der Waals surface area (Å²) in [5.74, 6) is 1.47. The third kappa shape index (κ3) is 4.03. The first kappa shape index (κ1) is 18.7. The highest BCUT2D eigenvalue weighted by Crippen LogP contribution is 2.42. The van der Waals surface area contributed by atoms with Gasteiger partial charge in [0, 0.05) is 35.1 Å². The number of hydrogen-bond donors (Lipinski definition) is 1. The van der Waals surface area contributed by atoms with E-state index >= 15 is 0 Å². The Morgan fingerprint density at radius 1 is 0.920 bits per heavy atom. The fourth-order valence-electron chi connectivity index (χ4n) is 3.28. The summed E-state index contributed by atoms with van der Waals surface area (Å²) in [5.41, 5.74) is 2.42. The van der Waals surface area contributed by atoms with Crippen LogP contribution in [0.1, 0.15) is 17.2 Å². The van der Waals surface area contributed by atoms with Crippen LogP contribution in [-0.2, 0) is 0 Å². The molecular weight excluding hydrogens is 448 g/mol. The van der Waals surface area contributed by atoms with Gasteiger partial charge in [-0.1, -0.05) is 50.1 Å². The quantitative estimate of drug-likeness (QED) is 0.710.